The van der Waals surface area contributed by atoms with Crippen LogP contribution >= 0.6 is 27.3 Å². The van der Waals surface area contributed by atoms with E-state index in [2.05, 4.69) is 25.6 Å². The molecule has 1 heterocycles. The summed E-state index contributed by atoms with van der Waals surface area (Å²) in [5, 5.41) is 0.938. The van der Waals surface area contributed by atoms with Crippen LogP contribution in [0.15, 0.2) is 6.20 Å². The number of hydrogen-bond donors (Lipinski definition) is 1. The van der Waals surface area contributed by atoms with Crippen LogP contribution in [0.4, 0.5) is 0 Å². The Balaban J connectivity index is 2.53. The molecule has 0 aliphatic rings. The van der Waals surface area contributed by atoms with Crippen molar-refractivity contribution in [3.05, 3.63) is 16.1 Å². The van der Waals surface area contributed by atoms with Gasteiger partial charge in [0.1, 0.15) is 4.66 Å². The van der Waals surface area contributed by atoms with Crippen LogP contribution in [0.1, 0.15) is 9.88 Å². The summed E-state index contributed by atoms with van der Waals surface area (Å²) in [4.78, 5) is 4.93. The summed E-state index contributed by atoms with van der Waals surface area (Å²) >= 11 is 4.37. The number of sulfonamides is 1. The molecule has 0 saturated heterocycles. The number of aryl methyl sites for hydroxylation is 1. The largest absolute Gasteiger partial charge is 0.250 e. The Morgan fingerprint density at radius 3 is 2.85 bits per heavy atom. The Bertz CT molecular complexity index is 374. The lowest BCUT2D eigenvalue weighted by atomic mass is 10.6. The second-order valence-electron chi connectivity index (χ2n) is 2.39. The summed E-state index contributed by atoms with van der Waals surface area (Å²) in [5.41, 5.74) is 0. The Hall–Kier alpha value is 0.0200. The van der Waals surface area contributed by atoms with E-state index in [4.69, 9.17) is 0 Å². The fourth-order valence-corrected chi connectivity index (χ4v) is 2.47. The van der Waals surface area contributed by atoms with Crippen molar-refractivity contribution in [2.75, 3.05) is 4.66 Å². The molecule has 1 aromatic rings. The van der Waals surface area contributed by atoms with Gasteiger partial charge < -0.3 is 0 Å². The maximum atomic E-state index is 11.0. The summed E-state index contributed by atoms with van der Waals surface area (Å²) < 4.78 is 24.4. The Morgan fingerprint density at radius 1 is 1.69 bits per heavy atom. The second kappa shape index (κ2) is 4.50. The van der Waals surface area contributed by atoms with Crippen molar-refractivity contribution in [2.24, 2.45) is 0 Å². The third kappa shape index (κ3) is 3.72. The molecular weight excluding hydrogens is 276 g/mol. The Labute approximate surface area is 89.6 Å². The van der Waals surface area contributed by atoms with Gasteiger partial charge in [-0.3, -0.25) is 0 Å². The highest BCUT2D eigenvalue weighted by atomic mass is 79.9. The number of alkyl halides is 1. The molecular formula is C6H9BrN2O2S2. The lowest BCUT2D eigenvalue weighted by molar-refractivity contribution is 0.587. The number of aromatic nitrogens is 1. The topological polar surface area (TPSA) is 59.1 Å². The van der Waals surface area contributed by atoms with E-state index in [0.717, 1.165) is 9.88 Å². The third-order valence-corrected chi connectivity index (χ3v) is 4.87. The number of hydrogen-bond acceptors (Lipinski definition) is 4. The first-order valence-electron chi connectivity index (χ1n) is 3.48. The molecule has 7 heteroatoms. The van der Waals surface area contributed by atoms with Crippen LogP contribution in [0, 0.1) is 6.92 Å². The summed E-state index contributed by atoms with van der Waals surface area (Å²) in [6.45, 7) is 2.20. The molecule has 0 aliphatic heterocycles. The van der Waals surface area contributed by atoms with Gasteiger partial charge in [-0.2, -0.15) is 0 Å². The first-order chi connectivity index (χ1) is 6.03. The van der Waals surface area contributed by atoms with Crippen LogP contribution in [-0.4, -0.2) is 18.1 Å². The number of nitrogens with zero attached hydrogens (tertiary/aromatic N) is 1. The predicted molar refractivity (Wildman–Crippen MR) is 56.4 cm³/mol. The average molecular weight is 285 g/mol. The zero-order valence-corrected chi connectivity index (χ0v) is 10.2. The van der Waals surface area contributed by atoms with Gasteiger partial charge in [0.2, 0.25) is 10.0 Å². The van der Waals surface area contributed by atoms with Crippen LogP contribution in [-0.2, 0) is 16.6 Å². The normalized spacial score (nSPS) is 11.8. The zero-order valence-electron chi connectivity index (χ0n) is 6.95. The summed E-state index contributed by atoms with van der Waals surface area (Å²) in [6.07, 6.45) is 1.68. The number of halogens is 1. The van der Waals surface area contributed by atoms with Gasteiger partial charge in [0, 0.05) is 17.6 Å². The van der Waals surface area contributed by atoms with Crippen molar-refractivity contribution >= 4 is 37.3 Å². The lowest BCUT2D eigenvalue weighted by Crippen LogP contribution is -2.23. The van der Waals surface area contributed by atoms with Gasteiger partial charge in [-0.1, -0.05) is 15.9 Å². The predicted octanol–water partition coefficient (Wildman–Crippen LogP) is 1.22. The molecule has 0 aromatic carbocycles. The van der Waals surface area contributed by atoms with Crippen molar-refractivity contribution in [1.82, 2.24) is 9.71 Å². The quantitative estimate of drug-likeness (QED) is 0.846. The second-order valence-corrected chi connectivity index (χ2v) is 6.82. The SMILES string of the molecule is Cc1ncc(CNS(=O)(=O)CBr)s1. The van der Waals surface area contributed by atoms with Gasteiger partial charge in [-0.25, -0.2) is 18.1 Å². The van der Waals surface area contributed by atoms with Crippen molar-refractivity contribution in [3.63, 3.8) is 0 Å². The van der Waals surface area contributed by atoms with Crippen LogP contribution in [0.2, 0.25) is 0 Å². The van der Waals surface area contributed by atoms with E-state index in [9.17, 15) is 8.42 Å². The minimum atomic E-state index is -3.16. The molecule has 74 valence electrons. The van der Waals surface area contributed by atoms with E-state index in [0.29, 0.717) is 6.54 Å². The molecule has 0 bridgehead atoms. The summed E-state index contributed by atoms with van der Waals surface area (Å²) in [7, 11) is -3.16. The fraction of sp³-hybridized carbons (Fsp3) is 0.500. The molecule has 0 amide bonds. The maximum Gasteiger partial charge on any atom is 0.221 e. The number of thiazole rings is 1. The number of nitrogens with one attached hydrogen (secondary N) is 1. The highest BCUT2D eigenvalue weighted by molar-refractivity contribution is 9.10. The number of rotatable bonds is 4. The van der Waals surface area contributed by atoms with Gasteiger partial charge >= 0.3 is 0 Å². The molecule has 0 aliphatic carbocycles. The summed E-state index contributed by atoms with van der Waals surface area (Å²) in [6, 6.07) is 0. The third-order valence-electron chi connectivity index (χ3n) is 1.28. The smallest absolute Gasteiger partial charge is 0.221 e. The molecule has 1 rings (SSSR count). The van der Waals surface area contributed by atoms with Gasteiger partial charge in [0.05, 0.1) is 5.01 Å². The first kappa shape index (κ1) is 11.1. The Morgan fingerprint density at radius 2 is 2.38 bits per heavy atom. The van der Waals surface area contributed by atoms with Gasteiger partial charge in [0.25, 0.3) is 0 Å². The van der Waals surface area contributed by atoms with Crippen molar-refractivity contribution < 1.29 is 8.42 Å². The molecule has 0 unspecified atom stereocenters. The standard InChI is InChI=1S/C6H9BrN2O2S2/c1-5-8-2-6(12-5)3-9-13(10,11)4-7/h2,9H,3-4H2,1H3. The van der Waals surface area contributed by atoms with Crippen LogP contribution in [0.25, 0.3) is 0 Å². The van der Waals surface area contributed by atoms with Crippen molar-refractivity contribution in [2.45, 2.75) is 13.5 Å². The van der Waals surface area contributed by atoms with E-state index in [1.807, 2.05) is 6.92 Å². The van der Waals surface area contributed by atoms with Gasteiger partial charge in [-0.05, 0) is 6.92 Å². The van der Waals surface area contributed by atoms with Crippen molar-refractivity contribution in [1.29, 1.82) is 0 Å². The van der Waals surface area contributed by atoms with Crippen LogP contribution in [0.5, 0.6) is 0 Å². The molecule has 0 spiro atoms. The first-order valence-corrected chi connectivity index (χ1v) is 7.07. The van der Waals surface area contributed by atoms with E-state index in [1.165, 1.54) is 11.3 Å². The lowest BCUT2D eigenvalue weighted by Gasteiger charge is -1.99. The summed E-state index contributed by atoms with van der Waals surface area (Å²) in [5.74, 6) is 0. The average Bonchev–Trinajstić information content (AvgIpc) is 2.48. The minimum Gasteiger partial charge on any atom is -0.250 e. The highest BCUT2D eigenvalue weighted by Crippen LogP contribution is 2.11. The van der Waals surface area contributed by atoms with E-state index >= 15 is 0 Å². The molecule has 1 N–H and O–H groups in total. The minimum absolute atomic E-state index is 0.0716. The van der Waals surface area contributed by atoms with Gasteiger partial charge in [-0.15, -0.1) is 11.3 Å². The molecule has 1 aromatic heterocycles. The molecule has 13 heavy (non-hydrogen) atoms. The fourth-order valence-electron chi connectivity index (χ4n) is 0.707. The molecule has 0 saturated carbocycles. The molecule has 0 fully saturated rings. The monoisotopic (exact) mass is 284 g/mol. The van der Waals surface area contributed by atoms with E-state index in [1.54, 1.807) is 6.20 Å². The van der Waals surface area contributed by atoms with E-state index in [-0.39, 0.29) is 4.66 Å². The zero-order chi connectivity index (χ0) is 9.90. The van der Waals surface area contributed by atoms with Crippen LogP contribution in [0.3, 0.4) is 0 Å². The molecule has 0 radical (unpaired) electrons. The highest BCUT2D eigenvalue weighted by Gasteiger charge is 2.07. The van der Waals surface area contributed by atoms with Crippen molar-refractivity contribution in [3.8, 4) is 0 Å². The van der Waals surface area contributed by atoms with Gasteiger partial charge in [0.15, 0.2) is 0 Å². The molecule has 0 atom stereocenters. The Kier molecular flexibility index (Phi) is 3.84. The van der Waals surface area contributed by atoms with E-state index < -0.39 is 10.0 Å². The van der Waals surface area contributed by atoms with Crippen LogP contribution < -0.4 is 4.72 Å². The maximum absolute atomic E-state index is 11.0. The molecule has 4 nitrogen and oxygen atoms in total.